The molecule has 25 heavy (non-hydrogen) atoms. The predicted octanol–water partition coefficient (Wildman–Crippen LogP) is 4.61. The molecule has 6 heteroatoms. The van der Waals surface area contributed by atoms with Crippen LogP contribution in [0.25, 0.3) is 21.5 Å². The SMILES string of the molecule is CC.CCNc1nc(C)c2cc(-c3cc(C)cs3)c(=O)n(CC)c2n1. The molecule has 3 heterocycles. The van der Waals surface area contributed by atoms with Crippen LogP contribution in [0.4, 0.5) is 5.95 Å². The Morgan fingerprint density at radius 2 is 1.88 bits per heavy atom. The van der Waals surface area contributed by atoms with Crippen molar-refractivity contribution in [3.63, 3.8) is 0 Å². The largest absolute Gasteiger partial charge is 0.354 e. The first-order valence-electron chi connectivity index (χ1n) is 8.76. The molecule has 0 radical (unpaired) electrons. The fraction of sp³-hybridized carbons (Fsp3) is 0.421. The van der Waals surface area contributed by atoms with Gasteiger partial charge in [-0.2, -0.15) is 4.98 Å². The van der Waals surface area contributed by atoms with Gasteiger partial charge < -0.3 is 5.32 Å². The fourth-order valence-corrected chi connectivity index (χ4v) is 3.58. The Kier molecular flexibility index (Phi) is 6.31. The van der Waals surface area contributed by atoms with E-state index in [9.17, 15) is 4.79 Å². The first kappa shape index (κ1) is 19.1. The van der Waals surface area contributed by atoms with Crippen molar-refractivity contribution in [2.75, 3.05) is 11.9 Å². The number of fused-ring (bicyclic) bond motifs is 1. The summed E-state index contributed by atoms with van der Waals surface area (Å²) in [5.41, 5.74) is 3.46. The van der Waals surface area contributed by atoms with Crippen LogP contribution < -0.4 is 10.9 Å². The van der Waals surface area contributed by atoms with Crippen molar-refractivity contribution in [3.8, 4) is 10.4 Å². The number of hydrogen-bond donors (Lipinski definition) is 1. The van der Waals surface area contributed by atoms with Gasteiger partial charge in [0.15, 0.2) is 0 Å². The summed E-state index contributed by atoms with van der Waals surface area (Å²) in [5.74, 6) is 0.568. The smallest absolute Gasteiger partial charge is 0.260 e. The summed E-state index contributed by atoms with van der Waals surface area (Å²) in [6.45, 7) is 13.3. The van der Waals surface area contributed by atoms with Crippen molar-refractivity contribution in [1.82, 2.24) is 14.5 Å². The molecule has 0 saturated heterocycles. The molecule has 0 aliphatic carbocycles. The lowest BCUT2D eigenvalue weighted by molar-refractivity contribution is 0.750. The highest BCUT2D eigenvalue weighted by Gasteiger charge is 2.15. The van der Waals surface area contributed by atoms with Gasteiger partial charge >= 0.3 is 0 Å². The van der Waals surface area contributed by atoms with Crippen molar-refractivity contribution in [2.24, 2.45) is 0 Å². The van der Waals surface area contributed by atoms with Crippen LogP contribution in [0.3, 0.4) is 0 Å². The molecule has 0 saturated carbocycles. The van der Waals surface area contributed by atoms with Crippen LogP contribution >= 0.6 is 11.3 Å². The van der Waals surface area contributed by atoms with Crippen LogP contribution in [0.15, 0.2) is 22.3 Å². The van der Waals surface area contributed by atoms with Crippen molar-refractivity contribution in [1.29, 1.82) is 0 Å². The second-order valence-electron chi connectivity index (χ2n) is 5.50. The molecule has 3 aromatic heterocycles. The zero-order valence-electron chi connectivity index (χ0n) is 15.8. The first-order chi connectivity index (χ1) is 12.0. The maximum Gasteiger partial charge on any atom is 0.260 e. The van der Waals surface area contributed by atoms with Crippen molar-refractivity contribution >= 4 is 28.3 Å². The number of pyridine rings is 1. The highest BCUT2D eigenvalue weighted by Crippen LogP contribution is 2.27. The Labute approximate surface area is 152 Å². The number of thiophene rings is 1. The minimum absolute atomic E-state index is 0.00222. The van der Waals surface area contributed by atoms with Gasteiger partial charge in [-0.1, -0.05) is 13.8 Å². The number of nitrogens with zero attached hydrogens (tertiary/aromatic N) is 3. The standard InChI is InChI=1S/C17H20N4OS.C2H6/c1-5-18-17-19-11(4)12-8-13(14-7-10(3)9-23-14)16(22)21(6-2)15(12)20-17;1-2/h7-9H,5-6H2,1-4H3,(H,18,19,20);1-2H3. The van der Waals surface area contributed by atoms with Gasteiger partial charge in [-0.15, -0.1) is 11.3 Å². The zero-order valence-corrected chi connectivity index (χ0v) is 16.6. The molecule has 0 spiro atoms. The van der Waals surface area contributed by atoms with E-state index >= 15 is 0 Å². The van der Waals surface area contributed by atoms with Crippen LogP contribution in [0, 0.1) is 13.8 Å². The molecule has 134 valence electrons. The van der Waals surface area contributed by atoms with E-state index in [0.29, 0.717) is 18.1 Å². The van der Waals surface area contributed by atoms with E-state index in [4.69, 9.17) is 0 Å². The lowest BCUT2D eigenvalue weighted by Crippen LogP contribution is -2.22. The number of aryl methyl sites for hydroxylation is 3. The summed E-state index contributed by atoms with van der Waals surface area (Å²) in [5, 5.41) is 6.11. The lowest BCUT2D eigenvalue weighted by Gasteiger charge is -2.13. The summed E-state index contributed by atoms with van der Waals surface area (Å²) in [4.78, 5) is 22.9. The van der Waals surface area contributed by atoms with Crippen LogP contribution in [0.5, 0.6) is 0 Å². The summed E-state index contributed by atoms with van der Waals surface area (Å²) in [7, 11) is 0. The second-order valence-corrected chi connectivity index (χ2v) is 6.41. The highest BCUT2D eigenvalue weighted by molar-refractivity contribution is 7.13. The molecule has 0 atom stereocenters. The Balaban J connectivity index is 0.00000109. The van der Waals surface area contributed by atoms with Gasteiger partial charge in [0.1, 0.15) is 5.65 Å². The third-order valence-electron chi connectivity index (χ3n) is 3.78. The Bertz CT molecular complexity index is 927. The molecule has 0 fully saturated rings. The molecule has 1 N–H and O–H groups in total. The summed E-state index contributed by atoms with van der Waals surface area (Å²) < 4.78 is 1.73. The van der Waals surface area contributed by atoms with E-state index < -0.39 is 0 Å². The number of rotatable bonds is 4. The molecule has 0 amide bonds. The third-order valence-corrected chi connectivity index (χ3v) is 4.86. The van der Waals surface area contributed by atoms with E-state index in [-0.39, 0.29) is 5.56 Å². The van der Waals surface area contributed by atoms with Gasteiger partial charge in [0.05, 0.1) is 11.3 Å². The molecule has 0 aliphatic rings. The number of anilines is 1. The van der Waals surface area contributed by atoms with Crippen molar-refractivity contribution < 1.29 is 0 Å². The number of hydrogen-bond acceptors (Lipinski definition) is 5. The molecular weight excluding hydrogens is 332 g/mol. The number of nitrogens with one attached hydrogen (secondary N) is 1. The topological polar surface area (TPSA) is 59.8 Å². The van der Waals surface area contributed by atoms with E-state index in [1.54, 1.807) is 15.9 Å². The van der Waals surface area contributed by atoms with Crippen molar-refractivity contribution in [3.05, 3.63) is 39.1 Å². The highest BCUT2D eigenvalue weighted by atomic mass is 32.1. The van der Waals surface area contributed by atoms with Crippen LogP contribution in [0.2, 0.25) is 0 Å². The molecule has 5 nitrogen and oxygen atoms in total. The van der Waals surface area contributed by atoms with Gasteiger partial charge in [0, 0.05) is 23.4 Å². The predicted molar refractivity (Wildman–Crippen MR) is 108 cm³/mol. The van der Waals surface area contributed by atoms with Crippen LogP contribution in [-0.4, -0.2) is 21.1 Å². The van der Waals surface area contributed by atoms with Gasteiger partial charge in [0.2, 0.25) is 5.95 Å². The molecule has 0 bridgehead atoms. The molecular formula is C19H26N4OS. The average molecular weight is 359 g/mol. The van der Waals surface area contributed by atoms with Gasteiger partial charge in [0.25, 0.3) is 5.56 Å². The molecule has 0 aromatic carbocycles. The summed E-state index contributed by atoms with van der Waals surface area (Å²) in [6.07, 6.45) is 0. The summed E-state index contributed by atoms with van der Waals surface area (Å²) in [6, 6.07) is 3.98. The quantitative estimate of drug-likeness (QED) is 0.739. The van der Waals surface area contributed by atoms with E-state index in [0.717, 1.165) is 28.1 Å². The normalized spacial score (nSPS) is 10.5. The molecule has 0 unspecified atom stereocenters. The summed E-state index contributed by atoms with van der Waals surface area (Å²) >= 11 is 1.60. The third kappa shape index (κ3) is 3.74. The first-order valence-corrected chi connectivity index (χ1v) is 9.64. The maximum atomic E-state index is 12.9. The Morgan fingerprint density at radius 1 is 1.16 bits per heavy atom. The molecule has 0 aliphatic heterocycles. The zero-order chi connectivity index (χ0) is 18.6. The van der Waals surface area contributed by atoms with Crippen molar-refractivity contribution in [2.45, 2.75) is 48.1 Å². The second kappa shape index (κ2) is 8.25. The Morgan fingerprint density at radius 3 is 2.44 bits per heavy atom. The minimum Gasteiger partial charge on any atom is -0.354 e. The average Bonchev–Trinajstić information content (AvgIpc) is 3.03. The fourth-order valence-electron chi connectivity index (χ4n) is 2.67. The minimum atomic E-state index is 0.00222. The van der Waals surface area contributed by atoms with Crippen LogP contribution in [-0.2, 0) is 6.54 Å². The number of aromatic nitrogens is 3. The van der Waals surface area contributed by atoms with E-state index in [1.165, 1.54) is 5.56 Å². The van der Waals surface area contributed by atoms with Crippen LogP contribution in [0.1, 0.15) is 39.0 Å². The van der Waals surface area contributed by atoms with Gasteiger partial charge in [-0.05, 0) is 50.8 Å². The van der Waals surface area contributed by atoms with Gasteiger partial charge in [-0.25, -0.2) is 4.98 Å². The molecule has 3 rings (SSSR count). The van der Waals surface area contributed by atoms with E-state index in [1.807, 2.05) is 47.6 Å². The monoisotopic (exact) mass is 358 g/mol. The Hall–Kier alpha value is -2.21. The lowest BCUT2D eigenvalue weighted by atomic mass is 10.1. The maximum absolute atomic E-state index is 12.9. The molecule has 3 aromatic rings. The van der Waals surface area contributed by atoms with Gasteiger partial charge in [-0.3, -0.25) is 9.36 Å². The van der Waals surface area contributed by atoms with E-state index in [2.05, 4.69) is 26.7 Å².